The van der Waals surface area contributed by atoms with Crippen molar-refractivity contribution >= 4 is 6.08 Å². The molecule has 0 aliphatic heterocycles. The summed E-state index contributed by atoms with van der Waals surface area (Å²) in [6.45, 7) is 0.305. The van der Waals surface area contributed by atoms with E-state index in [9.17, 15) is 0 Å². The zero-order valence-corrected chi connectivity index (χ0v) is 7.82. The van der Waals surface area contributed by atoms with Crippen LogP contribution in [0, 0.1) is 0 Å². The highest BCUT2D eigenvalue weighted by molar-refractivity contribution is 5.48. The van der Waals surface area contributed by atoms with E-state index in [2.05, 4.69) is 24.3 Å². The number of benzene rings is 1. The molecule has 0 spiro atoms. The lowest BCUT2D eigenvalue weighted by atomic mass is 10.2. The minimum Gasteiger partial charge on any atom is -0.396 e. The minimum atomic E-state index is 0.305. The van der Waals surface area contributed by atoms with Crippen LogP contribution < -0.4 is 0 Å². The van der Waals surface area contributed by atoms with Crippen LogP contribution in [0.2, 0.25) is 0 Å². The van der Waals surface area contributed by atoms with Crippen molar-refractivity contribution in [2.45, 2.75) is 19.3 Å². The van der Waals surface area contributed by atoms with Crippen LogP contribution in [-0.4, -0.2) is 11.7 Å². The van der Waals surface area contributed by atoms with E-state index in [1.54, 1.807) is 0 Å². The molecule has 0 bridgehead atoms. The minimum absolute atomic E-state index is 0.305. The predicted octanol–water partition coefficient (Wildman–Crippen LogP) is 2.86. The van der Waals surface area contributed by atoms with Crippen molar-refractivity contribution < 1.29 is 5.11 Å². The van der Waals surface area contributed by atoms with E-state index in [0.29, 0.717) is 6.61 Å². The molecule has 0 unspecified atom stereocenters. The fourth-order valence-electron chi connectivity index (χ4n) is 1.16. The van der Waals surface area contributed by atoms with Gasteiger partial charge in [-0.1, -0.05) is 42.5 Å². The Morgan fingerprint density at radius 2 is 1.85 bits per heavy atom. The summed E-state index contributed by atoms with van der Waals surface area (Å²) in [7, 11) is 0. The van der Waals surface area contributed by atoms with Crippen molar-refractivity contribution in [1.82, 2.24) is 0 Å². The van der Waals surface area contributed by atoms with Gasteiger partial charge in [0.1, 0.15) is 0 Å². The maximum atomic E-state index is 8.56. The summed E-state index contributed by atoms with van der Waals surface area (Å²) >= 11 is 0. The van der Waals surface area contributed by atoms with E-state index in [4.69, 9.17) is 5.11 Å². The topological polar surface area (TPSA) is 20.2 Å². The molecule has 1 N–H and O–H groups in total. The van der Waals surface area contributed by atoms with Crippen LogP contribution in [-0.2, 0) is 0 Å². The number of hydrogen-bond donors (Lipinski definition) is 1. The molecule has 0 aliphatic rings. The zero-order chi connectivity index (χ0) is 9.36. The van der Waals surface area contributed by atoms with Crippen molar-refractivity contribution in [2.24, 2.45) is 0 Å². The van der Waals surface area contributed by atoms with Crippen molar-refractivity contribution in [3.63, 3.8) is 0 Å². The van der Waals surface area contributed by atoms with E-state index in [1.165, 1.54) is 5.56 Å². The molecule has 70 valence electrons. The average molecular weight is 176 g/mol. The number of rotatable bonds is 5. The molecule has 0 aromatic heterocycles. The molecule has 0 heterocycles. The molecule has 0 radical (unpaired) electrons. The number of aliphatic hydroxyl groups is 1. The first-order valence-corrected chi connectivity index (χ1v) is 4.76. The third kappa shape index (κ3) is 4.48. The number of unbranched alkanes of at least 4 members (excludes halogenated alkanes) is 2. The first kappa shape index (κ1) is 10.0. The molecule has 1 aromatic rings. The molecule has 13 heavy (non-hydrogen) atoms. The van der Waals surface area contributed by atoms with Crippen LogP contribution in [0.1, 0.15) is 24.8 Å². The Morgan fingerprint density at radius 1 is 1.08 bits per heavy atom. The van der Waals surface area contributed by atoms with Gasteiger partial charge in [-0.15, -0.1) is 0 Å². The van der Waals surface area contributed by atoms with Gasteiger partial charge in [-0.05, 0) is 24.8 Å². The molecule has 1 nitrogen and oxygen atoms in total. The number of hydrogen-bond acceptors (Lipinski definition) is 1. The lowest BCUT2D eigenvalue weighted by Crippen LogP contribution is -1.80. The molecule has 1 heteroatoms. The summed E-state index contributed by atoms with van der Waals surface area (Å²) in [6, 6.07) is 10.3. The van der Waals surface area contributed by atoms with Crippen LogP contribution in [0.3, 0.4) is 0 Å². The Labute approximate surface area is 79.7 Å². The first-order chi connectivity index (χ1) is 6.43. The molecular weight excluding hydrogens is 160 g/mol. The Hall–Kier alpha value is -1.08. The van der Waals surface area contributed by atoms with Crippen LogP contribution in [0.25, 0.3) is 6.08 Å². The Kier molecular flexibility index (Phi) is 4.95. The maximum absolute atomic E-state index is 8.56. The van der Waals surface area contributed by atoms with Crippen molar-refractivity contribution in [3.05, 3.63) is 42.0 Å². The standard InChI is InChI=1S/C12H16O/c13-11-7-2-1-4-8-12-9-5-3-6-10-12/h3-6,8-10,13H,1-2,7,11H2. The van der Waals surface area contributed by atoms with Crippen LogP contribution >= 0.6 is 0 Å². The zero-order valence-electron chi connectivity index (χ0n) is 7.82. The summed E-state index contributed by atoms with van der Waals surface area (Å²) in [5.41, 5.74) is 1.24. The molecule has 0 saturated carbocycles. The van der Waals surface area contributed by atoms with E-state index in [1.807, 2.05) is 18.2 Å². The summed E-state index contributed by atoms with van der Waals surface area (Å²) in [6.07, 6.45) is 7.30. The average Bonchev–Trinajstić information content (AvgIpc) is 2.19. The van der Waals surface area contributed by atoms with E-state index >= 15 is 0 Å². The first-order valence-electron chi connectivity index (χ1n) is 4.76. The Balaban J connectivity index is 2.25. The van der Waals surface area contributed by atoms with Gasteiger partial charge in [0, 0.05) is 6.61 Å². The highest BCUT2D eigenvalue weighted by Crippen LogP contribution is 2.03. The van der Waals surface area contributed by atoms with Gasteiger partial charge in [-0.3, -0.25) is 0 Å². The monoisotopic (exact) mass is 176 g/mol. The van der Waals surface area contributed by atoms with E-state index < -0.39 is 0 Å². The second kappa shape index (κ2) is 6.44. The van der Waals surface area contributed by atoms with Gasteiger partial charge >= 0.3 is 0 Å². The SMILES string of the molecule is OCCCCC=Cc1ccccc1. The van der Waals surface area contributed by atoms with Crippen LogP contribution in [0.5, 0.6) is 0 Å². The summed E-state index contributed by atoms with van der Waals surface area (Å²) in [4.78, 5) is 0. The fourth-order valence-corrected chi connectivity index (χ4v) is 1.16. The van der Waals surface area contributed by atoms with E-state index in [0.717, 1.165) is 19.3 Å². The van der Waals surface area contributed by atoms with Crippen molar-refractivity contribution in [2.75, 3.05) is 6.61 Å². The molecule has 0 saturated heterocycles. The normalized spacial score (nSPS) is 10.8. The highest BCUT2D eigenvalue weighted by atomic mass is 16.2. The van der Waals surface area contributed by atoms with Gasteiger partial charge in [0.25, 0.3) is 0 Å². The third-order valence-electron chi connectivity index (χ3n) is 1.89. The quantitative estimate of drug-likeness (QED) is 0.684. The molecule has 1 rings (SSSR count). The molecule has 0 amide bonds. The second-order valence-electron chi connectivity index (χ2n) is 3.03. The van der Waals surface area contributed by atoms with Gasteiger partial charge < -0.3 is 5.11 Å². The van der Waals surface area contributed by atoms with Gasteiger partial charge in [0.2, 0.25) is 0 Å². The molecule has 0 atom stereocenters. The maximum Gasteiger partial charge on any atom is 0.0431 e. The lowest BCUT2D eigenvalue weighted by Gasteiger charge is -1.92. The largest absolute Gasteiger partial charge is 0.396 e. The van der Waals surface area contributed by atoms with Crippen LogP contribution in [0.4, 0.5) is 0 Å². The fraction of sp³-hybridized carbons (Fsp3) is 0.333. The molecule has 0 aliphatic carbocycles. The van der Waals surface area contributed by atoms with Crippen molar-refractivity contribution in [1.29, 1.82) is 0 Å². The molecular formula is C12H16O. The Bertz CT molecular complexity index is 239. The summed E-state index contributed by atoms with van der Waals surface area (Å²) < 4.78 is 0. The van der Waals surface area contributed by atoms with Gasteiger partial charge in [0.05, 0.1) is 0 Å². The third-order valence-corrected chi connectivity index (χ3v) is 1.89. The molecule has 1 aromatic carbocycles. The summed E-state index contributed by atoms with van der Waals surface area (Å²) in [5, 5.41) is 8.56. The van der Waals surface area contributed by atoms with Gasteiger partial charge in [-0.25, -0.2) is 0 Å². The second-order valence-corrected chi connectivity index (χ2v) is 3.03. The lowest BCUT2D eigenvalue weighted by molar-refractivity contribution is 0.285. The highest BCUT2D eigenvalue weighted by Gasteiger charge is 1.84. The van der Waals surface area contributed by atoms with Crippen molar-refractivity contribution in [3.8, 4) is 0 Å². The van der Waals surface area contributed by atoms with Gasteiger partial charge in [0.15, 0.2) is 0 Å². The predicted molar refractivity (Wildman–Crippen MR) is 56.4 cm³/mol. The summed E-state index contributed by atoms with van der Waals surface area (Å²) in [5.74, 6) is 0. The number of allylic oxidation sites excluding steroid dienone is 1. The van der Waals surface area contributed by atoms with E-state index in [-0.39, 0.29) is 0 Å². The Morgan fingerprint density at radius 3 is 2.54 bits per heavy atom. The molecule has 0 fully saturated rings. The number of aliphatic hydroxyl groups excluding tert-OH is 1. The van der Waals surface area contributed by atoms with Gasteiger partial charge in [-0.2, -0.15) is 0 Å². The smallest absolute Gasteiger partial charge is 0.0431 e. The van der Waals surface area contributed by atoms with Crippen LogP contribution in [0.15, 0.2) is 36.4 Å².